The van der Waals surface area contributed by atoms with Crippen molar-refractivity contribution in [3.8, 4) is 5.75 Å². The van der Waals surface area contributed by atoms with Crippen LogP contribution in [-0.2, 0) is 9.53 Å². The fraction of sp³-hybridized carbons (Fsp3) is 0.192. The van der Waals surface area contributed by atoms with Gasteiger partial charge < -0.3 is 9.47 Å². The Morgan fingerprint density at radius 1 is 1.21 bits per heavy atom. The van der Waals surface area contributed by atoms with Crippen LogP contribution in [0, 0.1) is 0 Å². The summed E-state index contributed by atoms with van der Waals surface area (Å²) in [5, 5.41) is 0. The molecule has 0 saturated heterocycles. The van der Waals surface area contributed by atoms with Crippen LogP contribution in [0.1, 0.15) is 24.1 Å². The Morgan fingerprint density at radius 2 is 1.91 bits per heavy atom. The number of hydrogen-bond donors (Lipinski definition) is 0. The van der Waals surface area contributed by atoms with E-state index in [4.69, 9.17) is 9.47 Å². The van der Waals surface area contributed by atoms with Crippen LogP contribution in [0.15, 0.2) is 87.1 Å². The van der Waals surface area contributed by atoms with Crippen LogP contribution in [0.5, 0.6) is 5.75 Å². The van der Waals surface area contributed by atoms with Gasteiger partial charge in [-0.25, -0.2) is 9.79 Å². The SMILES string of the molecule is C=CCOC(=O)C1=C(C)N=c2sc(=Cc3ccc(OC)cc3)c(=O)n2C1c1ccc(SC)cc1. The number of hydrogen-bond acceptors (Lipinski definition) is 7. The van der Waals surface area contributed by atoms with E-state index in [0.29, 0.717) is 20.6 Å². The molecule has 0 radical (unpaired) electrons. The Bertz CT molecular complexity index is 1430. The number of fused-ring (bicyclic) bond motifs is 1. The molecular weight excluding hydrogens is 468 g/mol. The molecule has 4 rings (SSSR count). The number of thioether (sulfide) groups is 1. The quantitative estimate of drug-likeness (QED) is 0.286. The fourth-order valence-electron chi connectivity index (χ4n) is 3.75. The van der Waals surface area contributed by atoms with Gasteiger partial charge in [0.25, 0.3) is 5.56 Å². The minimum Gasteiger partial charge on any atom is -0.497 e. The van der Waals surface area contributed by atoms with Crippen molar-refractivity contribution in [1.82, 2.24) is 4.57 Å². The van der Waals surface area contributed by atoms with Gasteiger partial charge in [-0.3, -0.25) is 9.36 Å². The van der Waals surface area contributed by atoms with Gasteiger partial charge in [0.1, 0.15) is 12.4 Å². The smallest absolute Gasteiger partial charge is 0.338 e. The van der Waals surface area contributed by atoms with E-state index in [2.05, 4.69) is 11.6 Å². The zero-order chi connectivity index (χ0) is 24.2. The minimum absolute atomic E-state index is 0.0790. The number of methoxy groups -OCH3 is 1. The molecule has 0 saturated carbocycles. The molecule has 0 aliphatic carbocycles. The van der Waals surface area contributed by atoms with E-state index in [1.54, 1.807) is 30.4 Å². The summed E-state index contributed by atoms with van der Waals surface area (Å²) in [5.74, 6) is 0.232. The van der Waals surface area contributed by atoms with Crippen molar-refractivity contribution in [3.05, 3.63) is 103 Å². The summed E-state index contributed by atoms with van der Waals surface area (Å²) in [6, 6.07) is 14.7. The zero-order valence-electron chi connectivity index (χ0n) is 19.1. The van der Waals surface area contributed by atoms with Crippen molar-refractivity contribution < 1.29 is 14.3 Å². The van der Waals surface area contributed by atoms with Gasteiger partial charge in [-0.05, 0) is 54.6 Å². The maximum atomic E-state index is 13.6. The average Bonchev–Trinajstić information content (AvgIpc) is 3.16. The summed E-state index contributed by atoms with van der Waals surface area (Å²) in [6.45, 7) is 5.46. The monoisotopic (exact) mass is 492 g/mol. The molecule has 0 N–H and O–H groups in total. The van der Waals surface area contributed by atoms with Gasteiger partial charge in [0.05, 0.1) is 29.0 Å². The van der Waals surface area contributed by atoms with Gasteiger partial charge in [-0.2, -0.15) is 0 Å². The van der Waals surface area contributed by atoms with Crippen molar-refractivity contribution >= 4 is 35.1 Å². The van der Waals surface area contributed by atoms with E-state index < -0.39 is 12.0 Å². The summed E-state index contributed by atoms with van der Waals surface area (Å²) in [4.78, 5) is 32.9. The second-order valence-electron chi connectivity index (χ2n) is 7.52. The third kappa shape index (κ3) is 4.64. The van der Waals surface area contributed by atoms with Crippen LogP contribution in [0.2, 0.25) is 0 Å². The maximum absolute atomic E-state index is 13.6. The first-order valence-corrected chi connectivity index (χ1v) is 12.6. The van der Waals surface area contributed by atoms with Crippen molar-refractivity contribution in [3.63, 3.8) is 0 Å². The summed E-state index contributed by atoms with van der Waals surface area (Å²) in [6.07, 6.45) is 5.34. The topological polar surface area (TPSA) is 69.9 Å². The Hall–Kier alpha value is -3.36. The van der Waals surface area contributed by atoms with Crippen LogP contribution in [0.4, 0.5) is 0 Å². The standard InChI is InChI=1S/C26H24N2O4S2/c1-5-14-32-25(30)22-16(2)27-26-28(23(22)18-8-12-20(33-4)13-9-18)24(29)21(34-26)15-17-6-10-19(31-3)11-7-17/h5-13,15,23H,1,14H2,2-4H3. The number of nitrogens with zero attached hydrogens (tertiary/aromatic N) is 2. The Labute approximate surface area is 205 Å². The Balaban J connectivity index is 1.89. The summed E-state index contributed by atoms with van der Waals surface area (Å²) in [5.41, 5.74) is 2.36. The molecule has 34 heavy (non-hydrogen) atoms. The van der Waals surface area contributed by atoms with Crippen LogP contribution in [-0.4, -0.2) is 30.5 Å². The molecule has 0 spiro atoms. The highest BCUT2D eigenvalue weighted by Gasteiger charge is 2.33. The molecule has 1 aliphatic heterocycles. The van der Waals surface area contributed by atoms with Gasteiger partial charge in [0.15, 0.2) is 4.80 Å². The maximum Gasteiger partial charge on any atom is 0.338 e. The van der Waals surface area contributed by atoms with E-state index in [1.165, 1.54) is 17.4 Å². The first-order chi connectivity index (χ1) is 16.5. The number of carbonyl (C=O) groups excluding carboxylic acids is 1. The van der Waals surface area contributed by atoms with Crippen LogP contribution in [0.25, 0.3) is 6.08 Å². The first-order valence-electron chi connectivity index (χ1n) is 10.6. The largest absolute Gasteiger partial charge is 0.497 e. The molecular formula is C26H24N2O4S2. The molecule has 2 aromatic carbocycles. The lowest BCUT2D eigenvalue weighted by atomic mass is 9.96. The first kappa shape index (κ1) is 23.8. The number of carbonyl (C=O) groups is 1. The molecule has 2 heterocycles. The molecule has 1 aromatic heterocycles. The van der Waals surface area contributed by atoms with Gasteiger partial charge in [0.2, 0.25) is 0 Å². The molecule has 1 aliphatic rings. The summed E-state index contributed by atoms with van der Waals surface area (Å²) < 4.78 is 12.7. The number of esters is 1. The lowest BCUT2D eigenvalue weighted by Crippen LogP contribution is -2.39. The number of rotatable bonds is 7. The zero-order valence-corrected chi connectivity index (χ0v) is 20.7. The predicted octanol–water partition coefficient (Wildman–Crippen LogP) is 3.69. The minimum atomic E-state index is -0.637. The molecule has 3 aromatic rings. The van der Waals surface area contributed by atoms with Crippen molar-refractivity contribution in [2.75, 3.05) is 20.0 Å². The fourth-order valence-corrected chi connectivity index (χ4v) is 5.20. The van der Waals surface area contributed by atoms with Crippen LogP contribution in [0.3, 0.4) is 0 Å². The molecule has 174 valence electrons. The highest BCUT2D eigenvalue weighted by atomic mass is 32.2. The van der Waals surface area contributed by atoms with Gasteiger partial charge >= 0.3 is 5.97 Å². The van der Waals surface area contributed by atoms with E-state index >= 15 is 0 Å². The van der Waals surface area contributed by atoms with Gasteiger partial charge in [0, 0.05) is 4.90 Å². The summed E-state index contributed by atoms with van der Waals surface area (Å²) >= 11 is 2.92. The summed E-state index contributed by atoms with van der Waals surface area (Å²) in [7, 11) is 1.61. The normalized spacial score (nSPS) is 15.5. The lowest BCUT2D eigenvalue weighted by molar-refractivity contribution is -0.138. The molecule has 0 amide bonds. The Morgan fingerprint density at radius 3 is 2.53 bits per heavy atom. The second-order valence-corrected chi connectivity index (χ2v) is 9.40. The van der Waals surface area contributed by atoms with E-state index in [9.17, 15) is 9.59 Å². The van der Waals surface area contributed by atoms with Crippen molar-refractivity contribution in [1.29, 1.82) is 0 Å². The van der Waals surface area contributed by atoms with Gasteiger partial charge in [-0.1, -0.05) is 48.3 Å². The number of benzene rings is 2. The van der Waals surface area contributed by atoms with Crippen LogP contribution < -0.4 is 19.6 Å². The predicted molar refractivity (Wildman–Crippen MR) is 136 cm³/mol. The molecule has 1 unspecified atom stereocenters. The molecule has 6 nitrogen and oxygen atoms in total. The highest BCUT2D eigenvalue weighted by Crippen LogP contribution is 2.31. The highest BCUT2D eigenvalue weighted by molar-refractivity contribution is 7.98. The molecule has 8 heteroatoms. The van der Waals surface area contributed by atoms with Crippen molar-refractivity contribution in [2.24, 2.45) is 4.99 Å². The van der Waals surface area contributed by atoms with Gasteiger partial charge in [-0.15, -0.1) is 11.8 Å². The van der Waals surface area contributed by atoms with E-state index in [1.807, 2.05) is 60.9 Å². The second kappa shape index (κ2) is 10.3. The molecule has 0 fully saturated rings. The number of allylic oxidation sites excluding steroid dienone is 1. The van der Waals surface area contributed by atoms with Crippen molar-refractivity contribution in [2.45, 2.75) is 17.9 Å². The van der Waals surface area contributed by atoms with E-state index in [0.717, 1.165) is 21.8 Å². The third-order valence-corrected chi connectivity index (χ3v) is 7.15. The van der Waals surface area contributed by atoms with E-state index in [-0.39, 0.29) is 12.2 Å². The number of ether oxygens (including phenoxy) is 2. The average molecular weight is 493 g/mol. The molecule has 0 bridgehead atoms. The number of aromatic nitrogens is 1. The Kier molecular flexibility index (Phi) is 7.19. The molecule has 1 atom stereocenters. The number of thiazole rings is 1. The lowest BCUT2D eigenvalue weighted by Gasteiger charge is -2.24. The third-order valence-electron chi connectivity index (χ3n) is 5.42. The van der Waals surface area contributed by atoms with Crippen LogP contribution >= 0.6 is 23.1 Å².